The zero-order valence-electron chi connectivity index (χ0n) is 12.2. The molecule has 0 spiro atoms. The molecule has 1 atom stereocenters. The van der Waals surface area contributed by atoms with Gasteiger partial charge in [-0.25, -0.2) is 4.39 Å². The molecule has 0 fully saturated rings. The maximum atomic E-state index is 13.1. The molecule has 106 valence electrons. The van der Waals surface area contributed by atoms with Crippen LogP contribution in [0, 0.1) is 5.82 Å². The molecule has 2 heteroatoms. The third-order valence-electron chi connectivity index (χ3n) is 3.55. The summed E-state index contributed by atoms with van der Waals surface area (Å²) >= 11 is 0. The molecule has 0 bridgehead atoms. The van der Waals surface area contributed by atoms with Crippen LogP contribution in [0.1, 0.15) is 43.0 Å². The highest BCUT2D eigenvalue weighted by Gasteiger charge is 2.15. The van der Waals surface area contributed by atoms with Crippen LogP contribution in [0.4, 0.5) is 4.39 Å². The number of benzene rings is 2. The van der Waals surface area contributed by atoms with E-state index >= 15 is 0 Å². The number of rotatable bonds is 6. The minimum Gasteiger partial charge on any atom is -0.306 e. The van der Waals surface area contributed by atoms with Gasteiger partial charge in [-0.15, -0.1) is 0 Å². The first-order valence-electron chi connectivity index (χ1n) is 7.33. The third kappa shape index (κ3) is 3.45. The molecule has 0 aliphatic carbocycles. The van der Waals surface area contributed by atoms with E-state index in [4.69, 9.17) is 0 Å². The van der Waals surface area contributed by atoms with Crippen LogP contribution < -0.4 is 5.32 Å². The molecule has 0 heterocycles. The maximum Gasteiger partial charge on any atom is 0.123 e. The van der Waals surface area contributed by atoms with Crippen molar-refractivity contribution in [3.63, 3.8) is 0 Å². The van der Waals surface area contributed by atoms with Crippen molar-refractivity contribution in [3.05, 3.63) is 71.0 Å². The molecule has 0 saturated carbocycles. The van der Waals surface area contributed by atoms with Crippen molar-refractivity contribution in [1.82, 2.24) is 5.32 Å². The van der Waals surface area contributed by atoms with E-state index < -0.39 is 0 Å². The molecule has 20 heavy (non-hydrogen) atoms. The standard InChI is InChI=1S/C18H22FN/c1-3-13-20-18(15-9-11-16(19)12-10-15)17-8-6-5-7-14(17)4-2/h5-12,18,20H,3-4,13H2,1-2H3. The summed E-state index contributed by atoms with van der Waals surface area (Å²) in [5.74, 6) is -0.188. The van der Waals surface area contributed by atoms with Gasteiger partial charge in [0.2, 0.25) is 0 Å². The fourth-order valence-electron chi connectivity index (χ4n) is 2.49. The van der Waals surface area contributed by atoms with Gasteiger partial charge in [0.1, 0.15) is 5.82 Å². The van der Waals surface area contributed by atoms with Crippen molar-refractivity contribution >= 4 is 0 Å². The predicted molar refractivity (Wildman–Crippen MR) is 82.4 cm³/mol. The maximum absolute atomic E-state index is 13.1. The van der Waals surface area contributed by atoms with Crippen LogP contribution in [0.15, 0.2) is 48.5 Å². The van der Waals surface area contributed by atoms with E-state index in [0.29, 0.717) is 0 Å². The molecule has 1 unspecified atom stereocenters. The van der Waals surface area contributed by atoms with Gasteiger partial charge in [0.15, 0.2) is 0 Å². The average Bonchev–Trinajstić information content (AvgIpc) is 2.50. The molecule has 2 aromatic rings. The molecule has 0 aliphatic heterocycles. The van der Waals surface area contributed by atoms with Gasteiger partial charge in [0.05, 0.1) is 6.04 Å². The summed E-state index contributed by atoms with van der Waals surface area (Å²) in [5.41, 5.74) is 3.74. The van der Waals surface area contributed by atoms with Gasteiger partial charge < -0.3 is 5.32 Å². The third-order valence-corrected chi connectivity index (χ3v) is 3.55. The Labute approximate surface area is 120 Å². The molecule has 0 radical (unpaired) electrons. The fraction of sp³-hybridized carbons (Fsp3) is 0.333. The first kappa shape index (κ1) is 14.7. The van der Waals surface area contributed by atoms with E-state index in [9.17, 15) is 4.39 Å². The van der Waals surface area contributed by atoms with Gasteiger partial charge in [-0.2, -0.15) is 0 Å². The molecule has 2 rings (SSSR count). The van der Waals surface area contributed by atoms with Crippen LogP contribution in [0.25, 0.3) is 0 Å². The molecule has 0 saturated heterocycles. The molecule has 0 amide bonds. The Morgan fingerprint density at radius 2 is 1.70 bits per heavy atom. The minimum absolute atomic E-state index is 0.131. The normalized spacial score (nSPS) is 12.3. The summed E-state index contributed by atoms with van der Waals surface area (Å²) < 4.78 is 13.1. The van der Waals surface area contributed by atoms with E-state index in [0.717, 1.165) is 24.9 Å². The number of hydrogen-bond acceptors (Lipinski definition) is 1. The fourth-order valence-corrected chi connectivity index (χ4v) is 2.49. The Kier molecular flexibility index (Phi) is 5.31. The zero-order valence-corrected chi connectivity index (χ0v) is 12.2. The smallest absolute Gasteiger partial charge is 0.123 e. The quantitative estimate of drug-likeness (QED) is 0.817. The second-order valence-corrected chi connectivity index (χ2v) is 4.99. The Hall–Kier alpha value is -1.67. The summed E-state index contributed by atoms with van der Waals surface area (Å²) in [6, 6.07) is 15.4. The van der Waals surface area contributed by atoms with Crippen LogP contribution in [-0.2, 0) is 6.42 Å². The summed E-state index contributed by atoms with van der Waals surface area (Å²) in [6.45, 7) is 5.26. The lowest BCUT2D eigenvalue weighted by atomic mass is 9.93. The number of hydrogen-bond donors (Lipinski definition) is 1. The van der Waals surface area contributed by atoms with Gasteiger partial charge in [-0.3, -0.25) is 0 Å². The van der Waals surface area contributed by atoms with E-state index in [1.54, 1.807) is 0 Å². The van der Waals surface area contributed by atoms with Gasteiger partial charge in [0, 0.05) is 0 Å². The molecule has 0 aliphatic rings. The number of nitrogens with one attached hydrogen (secondary N) is 1. The zero-order chi connectivity index (χ0) is 14.4. The number of halogens is 1. The largest absolute Gasteiger partial charge is 0.306 e. The SMILES string of the molecule is CCCNC(c1ccc(F)cc1)c1ccccc1CC. The minimum atomic E-state index is -0.188. The van der Waals surface area contributed by atoms with Gasteiger partial charge >= 0.3 is 0 Å². The van der Waals surface area contributed by atoms with Crippen LogP contribution >= 0.6 is 0 Å². The van der Waals surface area contributed by atoms with E-state index in [1.165, 1.54) is 23.3 Å². The van der Waals surface area contributed by atoms with Crippen molar-refractivity contribution in [2.45, 2.75) is 32.7 Å². The Morgan fingerprint density at radius 3 is 2.35 bits per heavy atom. The van der Waals surface area contributed by atoms with E-state index in [2.05, 4.69) is 43.4 Å². The Balaban J connectivity index is 2.38. The van der Waals surface area contributed by atoms with E-state index in [-0.39, 0.29) is 11.9 Å². The summed E-state index contributed by atoms with van der Waals surface area (Å²) in [6.07, 6.45) is 2.08. The van der Waals surface area contributed by atoms with Crippen LogP contribution in [0.5, 0.6) is 0 Å². The van der Waals surface area contributed by atoms with Gasteiger partial charge in [-0.1, -0.05) is 50.2 Å². The predicted octanol–water partition coefficient (Wildman–Crippen LogP) is 4.48. The van der Waals surface area contributed by atoms with Gasteiger partial charge in [-0.05, 0) is 48.2 Å². The molecular formula is C18H22FN. The Bertz CT molecular complexity index is 533. The first-order valence-corrected chi connectivity index (χ1v) is 7.33. The van der Waals surface area contributed by atoms with Crippen molar-refractivity contribution < 1.29 is 4.39 Å². The molecular weight excluding hydrogens is 249 g/mol. The highest BCUT2D eigenvalue weighted by molar-refractivity contribution is 5.37. The van der Waals surface area contributed by atoms with Crippen molar-refractivity contribution in [2.75, 3.05) is 6.54 Å². The van der Waals surface area contributed by atoms with Crippen molar-refractivity contribution in [2.24, 2.45) is 0 Å². The average molecular weight is 271 g/mol. The Morgan fingerprint density at radius 1 is 1.00 bits per heavy atom. The second-order valence-electron chi connectivity index (χ2n) is 4.99. The summed E-state index contributed by atoms with van der Waals surface area (Å²) in [5, 5.41) is 3.57. The highest BCUT2D eigenvalue weighted by Crippen LogP contribution is 2.25. The molecule has 2 aromatic carbocycles. The lowest BCUT2D eigenvalue weighted by Crippen LogP contribution is -2.24. The van der Waals surface area contributed by atoms with E-state index in [1.807, 2.05) is 12.1 Å². The molecule has 1 N–H and O–H groups in total. The van der Waals surface area contributed by atoms with Crippen molar-refractivity contribution in [3.8, 4) is 0 Å². The van der Waals surface area contributed by atoms with Crippen LogP contribution in [0.2, 0.25) is 0 Å². The summed E-state index contributed by atoms with van der Waals surface area (Å²) in [4.78, 5) is 0. The van der Waals surface area contributed by atoms with Crippen LogP contribution in [-0.4, -0.2) is 6.54 Å². The molecule has 0 aromatic heterocycles. The lowest BCUT2D eigenvalue weighted by molar-refractivity contribution is 0.589. The van der Waals surface area contributed by atoms with Gasteiger partial charge in [0.25, 0.3) is 0 Å². The second kappa shape index (κ2) is 7.20. The first-order chi connectivity index (χ1) is 9.76. The topological polar surface area (TPSA) is 12.0 Å². The monoisotopic (exact) mass is 271 g/mol. The highest BCUT2D eigenvalue weighted by atomic mass is 19.1. The lowest BCUT2D eigenvalue weighted by Gasteiger charge is -2.22. The number of aryl methyl sites for hydroxylation is 1. The van der Waals surface area contributed by atoms with Crippen LogP contribution in [0.3, 0.4) is 0 Å². The summed E-state index contributed by atoms with van der Waals surface area (Å²) in [7, 11) is 0. The molecule has 1 nitrogen and oxygen atoms in total. The van der Waals surface area contributed by atoms with Crippen molar-refractivity contribution in [1.29, 1.82) is 0 Å².